The molecule has 1 saturated heterocycles. The molecule has 0 bridgehead atoms. The molecule has 0 aliphatic carbocycles. The lowest BCUT2D eigenvalue weighted by Crippen LogP contribution is -2.50. The van der Waals surface area contributed by atoms with Gasteiger partial charge in [0.1, 0.15) is 10.7 Å². The van der Waals surface area contributed by atoms with Gasteiger partial charge in [0.25, 0.3) is 5.91 Å². The van der Waals surface area contributed by atoms with Gasteiger partial charge in [0.2, 0.25) is 5.91 Å². The summed E-state index contributed by atoms with van der Waals surface area (Å²) in [6, 6.07) is 9.45. The number of hydrogen-bond donors (Lipinski definition) is 1. The molecule has 2 aromatic heterocycles. The van der Waals surface area contributed by atoms with Gasteiger partial charge in [-0.3, -0.25) is 14.5 Å². The van der Waals surface area contributed by atoms with Crippen molar-refractivity contribution in [1.29, 1.82) is 0 Å². The highest BCUT2D eigenvalue weighted by molar-refractivity contribution is 7.20. The van der Waals surface area contributed by atoms with Crippen LogP contribution in [0.25, 0.3) is 10.2 Å². The number of hydrogen-bond acceptors (Lipinski definition) is 6. The van der Waals surface area contributed by atoms with Crippen molar-refractivity contribution in [1.82, 2.24) is 19.8 Å². The lowest BCUT2D eigenvalue weighted by molar-refractivity contribution is -0.117. The molecule has 162 valence electrons. The van der Waals surface area contributed by atoms with Crippen molar-refractivity contribution in [2.24, 2.45) is 0 Å². The maximum absolute atomic E-state index is 13.2. The van der Waals surface area contributed by atoms with Crippen LogP contribution in [0.5, 0.6) is 0 Å². The Kier molecular flexibility index (Phi) is 6.29. The second-order valence-electron chi connectivity index (χ2n) is 7.80. The minimum absolute atomic E-state index is 0.0351. The molecule has 4 rings (SSSR count). The van der Waals surface area contributed by atoms with Gasteiger partial charge < -0.3 is 10.2 Å². The molecular formula is C23H27N5O2S. The van der Waals surface area contributed by atoms with E-state index in [0.717, 1.165) is 44.3 Å². The third-order valence-corrected chi connectivity index (χ3v) is 6.79. The first-order chi connectivity index (χ1) is 15.0. The fraction of sp³-hybridized carbons (Fsp3) is 0.391. The van der Waals surface area contributed by atoms with E-state index in [1.165, 1.54) is 11.3 Å². The molecule has 3 heterocycles. The van der Waals surface area contributed by atoms with Crippen molar-refractivity contribution in [3.8, 4) is 0 Å². The molecule has 0 unspecified atom stereocenters. The highest BCUT2D eigenvalue weighted by atomic mass is 32.1. The summed E-state index contributed by atoms with van der Waals surface area (Å²) in [5.74, 6) is 0.825. The van der Waals surface area contributed by atoms with Crippen molar-refractivity contribution in [3.63, 3.8) is 0 Å². The third kappa shape index (κ3) is 4.60. The number of nitrogens with one attached hydrogen (secondary N) is 1. The molecule has 3 aromatic rings. The summed E-state index contributed by atoms with van der Waals surface area (Å²) in [6.07, 6.45) is 0.775. The van der Waals surface area contributed by atoms with Gasteiger partial charge in [-0.2, -0.15) is 0 Å². The number of nitrogens with zero attached hydrogens (tertiary/aromatic N) is 4. The van der Waals surface area contributed by atoms with Crippen LogP contribution in [0.2, 0.25) is 0 Å². The van der Waals surface area contributed by atoms with E-state index in [0.29, 0.717) is 32.7 Å². The van der Waals surface area contributed by atoms with Gasteiger partial charge in [0.15, 0.2) is 0 Å². The van der Waals surface area contributed by atoms with Gasteiger partial charge in [-0.05, 0) is 31.5 Å². The molecule has 1 aliphatic rings. The van der Waals surface area contributed by atoms with Gasteiger partial charge in [-0.1, -0.05) is 25.1 Å². The lowest BCUT2D eigenvalue weighted by Gasteiger charge is -2.34. The monoisotopic (exact) mass is 437 g/mol. The molecule has 0 spiro atoms. The minimum atomic E-state index is -0.0351. The van der Waals surface area contributed by atoms with E-state index in [1.54, 1.807) is 0 Å². The molecule has 0 saturated carbocycles. The summed E-state index contributed by atoms with van der Waals surface area (Å²) >= 11 is 1.46. The van der Waals surface area contributed by atoms with Crippen LogP contribution in [0.1, 0.15) is 33.7 Å². The van der Waals surface area contributed by atoms with Crippen LogP contribution in [-0.4, -0.2) is 64.3 Å². The van der Waals surface area contributed by atoms with Crippen molar-refractivity contribution in [2.75, 3.05) is 38.0 Å². The standard InChI is InChI=1S/C23H27N5O2S/c1-4-18-24-16(3)20-15(2)21(31-22(20)26-18)23(30)28-12-10-27(11-13-28)14-19(29)25-17-8-6-5-7-9-17/h5-9H,4,10-14H2,1-3H3,(H,25,29). The average molecular weight is 438 g/mol. The average Bonchev–Trinajstić information content (AvgIpc) is 3.11. The maximum Gasteiger partial charge on any atom is 0.264 e. The number of rotatable bonds is 5. The van der Waals surface area contributed by atoms with Gasteiger partial charge in [-0.25, -0.2) is 9.97 Å². The number of aryl methyl sites for hydroxylation is 3. The third-order valence-electron chi connectivity index (χ3n) is 5.61. The number of carbonyl (C=O) groups excluding carboxylic acids is 2. The van der Waals surface area contributed by atoms with Crippen LogP contribution >= 0.6 is 11.3 Å². The SMILES string of the molecule is CCc1nc(C)c2c(C)c(C(=O)N3CCN(CC(=O)Nc4ccccc4)CC3)sc2n1. The van der Waals surface area contributed by atoms with E-state index in [4.69, 9.17) is 0 Å². The Balaban J connectivity index is 1.39. The smallest absolute Gasteiger partial charge is 0.264 e. The molecule has 1 aliphatic heterocycles. The number of aromatic nitrogens is 2. The van der Waals surface area contributed by atoms with E-state index in [-0.39, 0.29) is 11.8 Å². The van der Waals surface area contributed by atoms with Crippen molar-refractivity contribution < 1.29 is 9.59 Å². The van der Waals surface area contributed by atoms with Gasteiger partial charge >= 0.3 is 0 Å². The zero-order valence-corrected chi connectivity index (χ0v) is 19.0. The summed E-state index contributed by atoms with van der Waals surface area (Å²) < 4.78 is 0. The summed E-state index contributed by atoms with van der Waals surface area (Å²) in [5.41, 5.74) is 2.70. The number of anilines is 1. The molecule has 1 fully saturated rings. The van der Waals surface area contributed by atoms with Crippen LogP contribution in [0.4, 0.5) is 5.69 Å². The second kappa shape index (κ2) is 9.11. The second-order valence-corrected chi connectivity index (χ2v) is 8.80. The van der Waals surface area contributed by atoms with Gasteiger partial charge in [0, 0.05) is 49.4 Å². The highest BCUT2D eigenvalue weighted by Crippen LogP contribution is 2.32. The molecule has 1 aromatic carbocycles. The number of fused-ring (bicyclic) bond motifs is 1. The fourth-order valence-corrected chi connectivity index (χ4v) is 5.15. The first-order valence-electron chi connectivity index (χ1n) is 10.6. The molecule has 2 amide bonds. The van der Waals surface area contributed by atoms with Crippen molar-refractivity contribution in [3.05, 3.63) is 52.3 Å². The van der Waals surface area contributed by atoms with Crippen LogP contribution in [0.15, 0.2) is 30.3 Å². The Hall–Kier alpha value is -2.84. The Bertz CT molecular complexity index is 1100. The summed E-state index contributed by atoms with van der Waals surface area (Å²) in [5, 5.41) is 3.92. The van der Waals surface area contributed by atoms with Crippen LogP contribution in [-0.2, 0) is 11.2 Å². The van der Waals surface area contributed by atoms with E-state index in [9.17, 15) is 9.59 Å². The van der Waals surface area contributed by atoms with Crippen LogP contribution in [0.3, 0.4) is 0 Å². The van der Waals surface area contributed by atoms with E-state index in [1.807, 2.05) is 56.0 Å². The zero-order valence-electron chi connectivity index (χ0n) is 18.1. The molecular weight excluding hydrogens is 410 g/mol. The first kappa shape index (κ1) is 21.4. The predicted octanol–water partition coefficient (Wildman–Crippen LogP) is 3.27. The molecule has 0 radical (unpaired) electrons. The number of carbonyl (C=O) groups is 2. The van der Waals surface area contributed by atoms with Crippen LogP contribution in [0, 0.1) is 13.8 Å². The topological polar surface area (TPSA) is 78.4 Å². The molecule has 7 nitrogen and oxygen atoms in total. The van der Waals surface area contributed by atoms with Crippen LogP contribution < -0.4 is 5.32 Å². The van der Waals surface area contributed by atoms with Gasteiger partial charge in [-0.15, -0.1) is 11.3 Å². The Morgan fingerprint density at radius 2 is 1.77 bits per heavy atom. The Morgan fingerprint density at radius 3 is 2.45 bits per heavy atom. The maximum atomic E-state index is 13.2. The quantitative estimate of drug-likeness (QED) is 0.663. The van der Waals surface area contributed by atoms with Crippen molar-refractivity contribution >= 4 is 39.1 Å². The van der Waals surface area contributed by atoms with E-state index >= 15 is 0 Å². The van der Waals surface area contributed by atoms with Gasteiger partial charge in [0.05, 0.1) is 11.4 Å². The largest absolute Gasteiger partial charge is 0.335 e. The van der Waals surface area contributed by atoms with E-state index < -0.39 is 0 Å². The fourth-order valence-electron chi connectivity index (χ4n) is 3.93. The Labute approximate surface area is 186 Å². The normalized spacial score (nSPS) is 14.7. The molecule has 1 N–H and O–H groups in total. The summed E-state index contributed by atoms with van der Waals surface area (Å²) in [7, 11) is 0. The minimum Gasteiger partial charge on any atom is -0.335 e. The van der Waals surface area contributed by atoms with Crippen molar-refractivity contribution in [2.45, 2.75) is 27.2 Å². The Morgan fingerprint density at radius 1 is 1.06 bits per heavy atom. The predicted molar refractivity (Wildman–Crippen MR) is 124 cm³/mol. The lowest BCUT2D eigenvalue weighted by atomic mass is 10.1. The number of thiophene rings is 1. The molecule has 0 atom stereocenters. The first-order valence-corrected chi connectivity index (χ1v) is 11.4. The summed E-state index contributed by atoms with van der Waals surface area (Å²) in [6.45, 7) is 8.90. The van der Waals surface area contributed by atoms with E-state index in [2.05, 4.69) is 20.2 Å². The highest BCUT2D eigenvalue weighted by Gasteiger charge is 2.27. The number of para-hydroxylation sites is 1. The number of amides is 2. The molecule has 8 heteroatoms. The number of piperazine rings is 1. The number of benzene rings is 1. The zero-order chi connectivity index (χ0) is 22.0. The summed E-state index contributed by atoms with van der Waals surface area (Å²) in [4.78, 5) is 40.3. The molecule has 31 heavy (non-hydrogen) atoms.